The summed E-state index contributed by atoms with van der Waals surface area (Å²) < 4.78 is 21.3. The zero-order chi connectivity index (χ0) is 19.0. The van der Waals surface area contributed by atoms with Crippen molar-refractivity contribution in [2.24, 2.45) is 0 Å². The van der Waals surface area contributed by atoms with Gasteiger partial charge in [0, 0.05) is 32.0 Å². The van der Waals surface area contributed by atoms with E-state index < -0.39 is 5.82 Å². The van der Waals surface area contributed by atoms with Crippen molar-refractivity contribution < 1.29 is 13.9 Å². The molecule has 0 unspecified atom stereocenters. The van der Waals surface area contributed by atoms with E-state index in [1.165, 1.54) is 25.7 Å². The summed E-state index contributed by atoms with van der Waals surface area (Å²) in [5.41, 5.74) is 5.85. The number of aromatic nitrogens is 3. The first-order valence-electron chi connectivity index (χ1n) is 9.43. The van der Waals surface area contributed by atoms with E-state index in [4.69, 9.17) is 10.5 Å². The Hall–Kier alpha value is -2.64. The van der Waals surface area contributed by atoms with Gasteiger partial charge in [0.25, 0.3) is 5.91 Å². The van der Waals surface area contributed by atoms with E-state index in [2.05, 4.69) is 14.8 Å². The number of benzene rings is 1. The zero-order valence-corrected chi connectivity index (χ0v) is 15.4. The number of carbonyl (C=O) groups is 1. The molecule has 2 aromatic rings. The Morgan fingerprint density at radius 1 is 1.22 bits per heavy atom. The number of aryl methyl sites for hydroxylation is 1. The van der Waals surface area contributed by atoms with Crippen LogP contribution < -0.4 is 10.5 Å². The van der Waals surface area contributed by atoms with E-state index in [0.29, 0.717) is 19.0 Å². The van der Waals surface area contributed by atoms with E-state index >= 15 is 0 Å². The number of anilines is 1. The van der Waals surface area contributed by atoms with E-state index in [1.54, 1.807) is 4.90 Å². The summed E-state index contributed by atoms with van der Waals surface area (Å²) in [7, 11) is 1.37. The summed E-state index contributed by atoms with van der Waals surface area (Å²) in [6.45, 7) is 2.18. The number of nitrogens with zero attached hydrogens (tertiary/aromatic N) is 4. The third kappa shape index (κ3) is 3.13. The normalized spacial score (nSPS) is 17.6. The number of likely N-dealkylation sites (tertiary alicyclic amines) is 1. The molecule has 144 valence electrons. The minimum absolute atomic E-state index is 0.0411. The van der Waals surface area contributed by atoms with Crippen LogP contribution in [0.3, 0.4) is 0 Å². The number of ether oxygens (including phenoxy) is 1. The highest BCUT2D eigenvalue weighted by molar-refractivity contribution is 5.99. The quantitative estimate of drug-likeness (QED) is 0.835. The van der Waals surface area contributed by atoms with Gasteiger partial charge in [-0.3, -0.25) is 4.79 Å². The van der Waals surface area contributed by atoms with Crippen LogP contribution in [-0.2, 0) is 13.0 Å². The van der Waals surface area contributed by atoms with Gasteiger partial charge in [-0.1, -0.05) is 0 Å². The SMILES string of the molecule is COc1ccc(C(=O)N2CCC(c3nnc4n3CCCC4)CC2)c(N)c1F. The van der Waals surface area contributed by atoms with Crippen molar-refractivity contribution in [1.29, 1.82) is 0 Å². The van der Waals surface area contributed by atoms with Gasteiger partial charge in [0.1, 0.15) is 11.6 Å². The van der Waals surface area contributed by atoms with Gasteiger partial charge in [-0.2, -0.15) is 0 Å². The van der Waals surface area contributed by atoms with Gasteiger partial charge in [0.05, 0.1) is 18.4 Å². The van der Waals surface area contributed by atoms with Crippen molar-refractivity contribution in [3.05, 3.63) is 35.2 Å². The largest absolute Gasteiger partial charge is 0.494 e. The van der Waals surface area contributed by atoms with E-state index in [1.807, 2.05) is 0 Å². The fourth-order valence-corrected chi connectivity index (χ4v) is 4.06. The molecule has 2 aliphatic rings. The molecule has 1 fully saturated rings. The maximum absolute atomic E-state index is 14.2. The molecule has 3 heterocycles. The van der Waals surface area contributed by atoms with Crippen LogP contribution in [0.15, 0.2) is 12.1 Å². The minimum Gasteiger partial charge on any atom is -0.494 e. The van der Waals surface area contributed by atoms with Crippen LogP contribution in [0.2, 0.25) is 0 Å². The lowest BCUT2D eigenvalue weighted by Crippen LogP contribution is -2.39. The van der Waals surface area contributed by atoms with Gasteiger partial charge in [0.15, 0.2) is 11.6 Å². The van der Waals surface area contributed by atoms with Crippen LogP contribution in [0.4, 0.5) is 10.1 Å². The average Bonchev–Trinajstić information content (AvgIpc) is 3.14. The van der Waals surface area contributed by atoms with Crippen molar-refractivity contribution in [2.75, 3.05) is 25.9 Å². The minimum atomic E-state index is -0.687. The number of fused-ring (bicyclic) bond motifs is 1. The number of carbonyl (C=O) groups excluding carboxylic acids is 1. The number of halogens is 1. The molecule has 0 radical (unpaired) electrons. The van der Waals surface area contributed by atoms with E-state index in [9.17, 15) is 9.18 Å². The van der Waals surface area contributed by atoms with Crippen LogP contribution in [0.1, 0.15) is 53.6 Å². The fourth-order valence-electron chi connectivity index (χ4n) is 4.06. The van der Waals surface area contributed by atoms with Gasteiger partial charge in [-0.05, 0) is 37.8 Å². The summed E-state index contributed by atoms with van der Waals surface area (Å²) in [6, 6.07) is 2.97. The van der Waals surface area contributed by atoms with Crippen LogP contribution >= 0.6 is 0 Å². The van der Waals surface area contributed by atoms with Gasteiger partial charge >= 0.3 is 0 Å². The molecule has 1 saturated heterocycles. The lowest BCUT2D eigenvalue weighted by Gasteiger charge is -2.32. The Balaban J connectivity index is 1.46. The molecule has 0 spiro atoms. The molecule has 1 aromatic carbocycles. The molecule has 2 aliphatic heterocycles. The molecule has 27 heavy (non-hydrogen) atoms. The Bertz CT molecular complexity index is 858. The number of hydrogen-bond acceptors (Lipinski definition) is 5. The topological polar surface area (TPSA) is 86.3 Å². The second-order valence-electron chi connectivity index (χ2n) is 7.19. The second-order valence-corrected chi connectivity index (χ2v) is 7.19. The number of piperidine rings is 1. The van der Waals surface area contributed by atoms with Gasteiger partial charge in [-0.15, -0.1) is 10.2 Å². The molecular formula is C19H24FN5O2. The molecule has 0 aliphatic carbocycles. The predicted octanol–water partition coefficient (Wildman–Crippen LogP) is 2.36. The smallest absolute Gasteiger partial charge is 0.256 e. The number of nitrogen functional groups attached to an aromatic ring is 1. The van der Waals surface area contributed by atoms with Crippen LogP contribution in [0.5, 0.6) is 5.75 Å². The molecule has 0 bridgehead atoms. The molecule has 1 aromatic heterocycles. The Kier molecular flexibility index (Phi) is 4.72. The highest BCUT2D eigenvalue weighted by atomic mass is 19.1. The summed E-state index contributed by atoms with van der Waals surface area (Å²) in [6.07, 6.45) is 4.97. The molecular weight excluding hydrogens is 349 g/mol. The second kappa shape index (κ2) is 7.17. The summed E-state index contributed by atoms with van der Waals surface area (Å²) in [5.74, 6) is 1.55. The third-order valence-corrected chi connectivity index (χ3v) is 5.63. The highest BCUT2D eigenvalue weighted by Crippen LogP contribution is 2.31. The van der Waals surface area contributed by atoms with Crippen LogP contribution in [-0.4, -0.2) is 45.8 Å². The summed E-state index contributed by atoms with van der Waals surface area (Å²) in [5, 5.41) is 8.75. The third-order valence-electron chi connectivity index (χ3n) is 5.63. The van der Waals surface area contributed by atoms with Crippen molar-refractivity contribution >= 4 is 11.6 Å². The van der Waals surface area contributed by atoms with E-state index in [0.717, 1.165) is 43.9 Å². The molecule has 7 nitrogen and oxygen atoms in total. The molecule has 8 heteroatoms. The summed E-state index contributed by atoms with van der Waals surface area (Å²) >= 11 is 0. The van der Waals surface area contributed by atoms with Gasteiger partial charge in [0.2, 0.25) is 0 Å². The molecule has 0 saturated carbocycles. The Morgan fingerprint density at radius 2 is 2.00 bits per heavy atom. The Morgan fingerprint density at radius 3 is 2.74 bits per heavy atom. The molecule has 2 N–H and O–H groups in total. The standard InChI is InChI=1S/C19H24FN5O2/c1-27-14-6-5-13(17(21)16(14)20)19(26)24-10-7-12(8-11-24)18-23-22-15-4-2-3-9-25(15)18/h5-6,12H,2-4,7-11,21H2,1H3. The highest BCUT2D eigenvalue weighted by Gasteiger charge is 2.30. The zero-order valence-electron chi connectivity index (χ0n) is 15.4. The van der Waals surface area contributed by atoms with Crippen molar-refractivity contribution in [1.82, 2.24) is 19.7 Å². The predicted molar refractivity (Wildman–Crippen MR) is 98.2 cm³/mol. The van der Waals surface area contributed by atoms with E-state index in [-0.39, 0.29) is 22.9 Å². The molecule has 0 atom stereocenters. The number of hydrogen-bond donors (Lipinski definition) is 1. The van der Waals surface area contributed by atoms with Gasteiger partial charge < -0.3 is 19.9 Å². The molecule has 1 amide bonds. The van der Waals surface area contributed by atoms with Crippen LogP contribution in [0, 0.1) is 5.82 Å². The number of methoxy groups -OCH3 is 1. The first-order valence-corrected chi connectivity index (χ1v) is 9.43. The molecule has 4 rings (SSSR count). The Labute approximate surface area is 157 Å². The monoisotopic (exact) mass is 373 g/mol. The lowest BCUT2D eigenvalue weighted by molar-refractivity contribution is 0.0710. The van der Waals surface area contributed by atoms with Crippen molar-refractivity contribution in [2.45, 2.75) is 44.6 Å². The summed E-state index contributed by atoms with van der Waals surface area (Å²) in [4.78, 5) is 14.5. The average molecular weight is 373 g/mol. The lowest BCUT2D eigenvalue weighted by atomic mass is 9.95. The number of amides is 1. The van der Waals surface area contributed by atoms with Crippen molar-refractivity contribution in [3.8, 4) is 5.75 Å². The first-order chi connectivity index (χ1) is 13.1. The number of rotatable bonds is 3. The maximum atomic E-state index is 14.2. The van der Waals surface area contributed by atoms with Crippen LogP contribution in [0.25, 0.3) is 0 Å². The maximum Gasteiger partial charge on any atom is 0.256 e. The first kappa shape index (κ1) is 17.8. The van der Waals surface area contributed by atoms with Crippen molar-refractivity contribution in [3.63, 3.8) is 0 Å². The number of nitrogens with two attached hydrogens (primary N) is 1. The fraction of sp³-hybridized carbons (Fsp3) is 0.526. The van der Waals surface area contributed by atoms with Gasteiger partial charge in [-0.25, -0.2) is 4.39 Å².